The number of benzene rings is 1. The van der Waals surface area contributed by atoms with Gasteiger partial charge >= 0.3 is 0 Å². The summed E-state index contributed by atoms with van der Waals surface area (Å²) in [5.41, 5.74) is 2.47. The summed E-state index contributed by atoms with van der Waals surface area (Å²) in [6.07, 6.45) is 0. The third-order valence-electron chi connectivity index (χ3n) is 3.69. The van der Waals surface area contributed by atoms with Crippen LogP contribution in [0.25, 0.3) is 10.6 Å². The quantitative estimate of drug-likeness (QED) is 0.655. The van der Waals surface area contributed by atoms with E-state index in [1.165, 1.54) is 16.6 Å². The molecule has 6 nitrogen and oxygen atoms in total. The van der Waals surface area contributed by atoms with Crippen LogP contribution >= 0.6 is 23.1 Å². The first kappa shape index (κ1) is 15.9. The average molecular weight is 370 g/mol. The van der Waals surface area contributed by atoms with E-state index in [2.05, 4.69) is 20.8 Å². The third kappa shape index (κ3) is 3.31. The monoisotopic (exact) mass is 370 g/mol. The molecular formula is C17H14N4O2S2. The van der Waals surface area contributed by atoms with Gasteiger partial charge in [-0.1, -0.05) is 0 Å². The minimum atomic E-state index is -0.300. The number of rotatable bonds is 3. The number of aryl methyl sites for hydroxylation is 1. The molecule has 1 aliphatic heterocycles. The molecule has 0 atom stereocenters. The Kier molecular flexibility index (Phi) is 4.06. The van der Waals surface area contributed by atoms with Crippen LogP contribution in [-0.2, 0) is 4.79 Å². The second kappa shape index (κ2) is 6.38. The molecule has 0 spiro atoms. The van der Waals surface area contributed by atoms with Gasteiger partial charge in [0.25, 0.3) is 5.91 Å². The van der Waals surface area contributed by atoms with Gasteiger partial charge in [-0.3, -0.25) is 14.7 Å². The number of nitrogens with one attached hydrogen (secondary N) is 3. The highest BCUT2D eigenvalue weighted by Gasteiger charge is 2.17. The Morgan fingerprint density at radius 3 is 2.92 bits per heavy atom. The van der Waals surface area contributed by atoms with Crippen molar-refractivity contribution in [2.45, 2.75) is 11.8 Å². The number of carbonyl (C=O) groups is 2. The van der Waals surface area contributed by atoms with E-state index in [0.29, 0.717) is 17.1 Å². The normalized spacial score (nSPS) is 13.2. The van der Waals surface area contributed by atoms with Crippen LogP contribution in [0.2, 0.25) is 0 Å². The number of hydrogen-bond acceptors (Lipinski definition) is 5. The molecule has 4 rings (SSSR count). The lowest BCUT2D eigenvalue weighted by molar-refractivity contribution is -0.113. The first-order valence-electron chi connectivity index (χ1n) is 7.59. The molecule has 2 amide bonds. The Hall–Kier alpha value is -2.58. The lowest BCUT2D eigenvalue weighted by atomic mass is 10.2. The van der Waals surface area contributed by atoms with Crippen molar-refractivity contribution in [1.29, 1.82) is 0 Å². The molecule has 0 saturated heterocycles. The van der Waals surface area contributed by atoms with E-state index in [1.54, 1.807) is 23.5 Å². The molecule has 0 unspecified atom stereocenters. The smallest absolute Gasteiger partial charge is 0.276 e. The highest BCUT2D eigenvalue weighted by molar-refractivity contribution is 8.00. The number of aromatic amines is 1. The molecule has 126 valence electrons. The minimum Gasteiger partial charge on any atom is -0.324 e. The summed E-state index contributed by atoms with van der Waals surface area (Å²) < 4.78 is 0. The van der Waals surface area contributed by atoms with Crippen LogP contribution in [0, 0.1) is 6.92 Å². The van der Waals surface area contributed by atoms with Gasteiger partial charge in [-0.15, -0.1) is 23.1 Å². The number of thioether (sulfide) groups is 1. The van der Waals surface area contributed by atoms with E-state index < -0.39 is 0 Å². The van der Waals surface area contributed by atoms with Gasteiger partial charge in [0.05, 0.1) is 22.0 Å². The van der Waals surface area contributed by atoms with E-state index in [9.17, 15) is 9.59 Å². The number of amides is 2. The number of hydrogen-bond donors (Lipinski definition) is 3. The molecule has 0 bridgehead atoms. The van der Waals surface area contributed by atoms with Crippen molar-refractivity contribution < 1.29 is 9.59 Å². The zero-order chi connectivity index (χ0) is 17.4. The van der Waals surface area contributed by atoms with Crippen molar-refractivity contribution in [3.63, 3.8) is 0 Å². The van der Waals surface area contributed by atoms with Gasteiger partial charge in [0.1, 0.15) is 0 Å². The molecule has 0 saturated carbocycles. The van der Waals surface area contributed by atoms with Crippen LogP contribution in [0.1, 0.15) is 15.4 Å². The fraction of sp³-hybridized carbons (Fsp3) is 0.118. The number of thiophene rings is 1. The van der Waals surface area contributed by atoms with E-state index in [1.807, 2.05) is 31.2 Å². The zero-order valence-corrected chi connectivity index (χ0v) is 14.9. The predicted molar refractivity (Wildman–Crippen MR) is 100 cm³/mol. The minimum absolute atomic E-state index is 0.0378. The molecule has 25 heavy (non-hydrogen) atoms. The molecular weight excluding hydrogens is 356 g/mol. The van der Waals surface area contributed by atoms with Gasteiger partial charge in [-0.25, -0.2) is 0 Å². The van der Waals surface area contributed by atoms with E-state index in [-0.39, 0.29) is 11.8 Å². The number of H-pyrrole nitrogens is 1. The van der Waals surface area contributed by atoms with E-state index >= 15 is 0 Å². The van der Waals surface area contributed by atoms with Gasteiger partial charge in [0, 0.05) is 15.5 Å². The van der Waals surface area contributed by atoms with Crippen LogP contribution in [0.3, 0.4) is 0 Å². The summed E-state index contributed by atoms with van der Waals surface area (Å²) >= 11 is 3.12. The number of fused-ring (bicyclic) bond motifs is 1. The van der Waals surface area contributed by atoms with Crippen molar-refractivity contribution in [2.24, 2.45) is 0 Å². The summed E-state index contributed by atoms with van der Waals surface area (Å²) in [6.45, 7) is 2.03. The molecule has 0 fully saturated rings. The maximum Gasteiger partial charge on any atom is 0.276 e. The van der Waals surface area contributed by atoms with Crippen molar-refractivity contribution in [1.82, 2.24) is 10.2 Å². The molecule has 8 heteroatoms. The Labute approximate surface area is 152 Å². The van der Waals surface area contributed by atoms with Crippen LogP contribution in [0.5, 0.6) is 0 Å². The largest absolute Gasteiger partial charge is 0.324 e. The summed E-state index contributed by atoms with van der Waals surface area (Å²) in [7, 11) is 0. The molecule has 1 aliphatic rings. The Balaban J connectivity index is 1.52. The summed E-state index contributed by atoms with van der Waals surface area (Å²) in [5.74, 6) is 0.0754. The molecule has 2 aromatic heterocycles. The summed E-state index contributed by atoms with van der Waals surface area (Å²) in [4.78, 5) is 27.1. The molecule has 3 aromatic rings. The Bertz CT molecular complexity index is 977. The van der Waals surface area contributed by atoms with E-state index in [0.717, 1.165) is 21.2 Å². The third-order valence-corrected chi connectivity index (χ3v) is 5.79. The van der Waals surface area contributed by atoms with Gasteiger partial charge in [0.15, 0.2) is 5.69 Å². The Morgan fingerprint density at radius 2 is 2.12 bits per heavy atom. The number of aromatic nitrogens is 2. The van der Waals surface area contributed by atoms with Crippen molar-refractivity contribution in [3.8, 4) is 10.6 Å². The van der Waals surface area contributed by atoms with Gasteiger partial charge in [-0.05, 0) is 43.3 Å². The van der Waals surface area contributed by atoms with Gasteiger partial charge in [0.2, 0.25) is 5.91 Å². The van der Waals surface area contributed by atoms with Gasteiger partial charge in [-0.2, -0.15) is 5.10 Å². The van der Waals surface area contributed by atoms with Gasteiger partial charge < -0.3 is 10.6 Å². The fourth-order valence-electron chi connectivity index (χ4n) is 2.50. The summed E-state index contributed by atoms with van der Waals surface area (Å²) in [6, 6.07) is 11.2. The van der Waals surface area contributed by atoms with Crippen molar-refractivity contribution in [3.05, 3.63) is 47.0 Å². The predicted octanol–water partition coefficient (Wildman–Crippen LogP) is 3.74. The molecule has 3 N–H and O–H groups in total. The van der Waals surface area contributed by atoms with E-state index in [4.69, 9.17) is 0 Å². The highest BCUT2D eigenvalue weighted by Crippen LogP contribution is 2.33. The molecule has 0 aliphatic carbocycles. The van der Waals surface area contributed by atoms with Crippen LogP contribution in [0.4, 0.5) is 11.4 Å². The first-order valence-corrected chi connectivity index (χ1v) is 9.39. The SMILES string of the molecule is Cc1ccc(-c2cc(C(=O)Nc3ccc4c(c3)NC(=O)CS4)n[nH]2)s1. The molecule has 3 heterocycles. The first-order chi connectivity index (χ1) is 12.1. The van der Waals surface area contributed by atoms with Crippen LogP contribution < -0.4 is 10.6 Å². The fourth-order valence-corrected chi connectivity index (χ4v) is 4.12. The Morgan fingerprint density at radius 1 is 1.24 bits per heavy atom. The average Bonchev–Trinajstić information content (AvgIpc) is 3.23. The topological polar surface area (TPSA) is 86.9 Å². The van der Waals surface area contributed by atoms with Crippen LogP contribution in [-0.4, -0.2) is 27.8 Å². The second-order valence-corrected chi connectivity index (χ2v) is 7.88. The standard InChI is InChI=1S/C17H14N4O2S2/c1-9-2-4-15(25-9)12-7-13(21-20-12)17(23)18-10-3-5-14-11(6-10)19-16(22)8-24-14/h2-7H,8H2,1H3,(H,18,23)(H,19,22)(H,20,21). The second-order valence-electron chi connectivity index (χ2n) is 5.58. The molecule has 1 aromatic carbocycles. The lowest BCUT2D eigenvalue weighted by Gasteiger charge is -2.17. The highest BCUT2D eigenvalue weighted by atomic mass is 32.2. The van der Waals surface area contributed by atoms with Crippen LogP contribution in [0.15, 0.2) is 41.3 Å². The lowest BCUT2D eigenvalue weighted by Crippen LogP contribution is -2.19. The zero-order valence-electron chi connectivity index (χ0n) is 13.3. The number of anilines is 2. The molecule has 0 radical (unpaired) electrons. The van der Waals surface area contributed by atoms with Crippen molar-refractivity contribution in [2.75, 3.05) is 16.4 Å². The maximum atomic E-state index is 12.4. The maximum absolute atomic E-state index is 12.4. The van der Waals surface area contributed by atoms with Crippen molar-refractivity contribution >= 4 is 46.3 Å². The summed E-state index contributed by atoms with van der Waals surface area (Å²) in [5, 5.41) is 12.6. The number of nitrogens with zero attached hydrogens (tertiary/aromatic N) is 1. The number of carbonyl (C=O) groups excluding carboxylic acids is 2.